The Balaban J connectivity index is 2.19. The van der Waals surface area contributed by atoms with Crippen molar-refractivity contribution in [2.24, 2.45) is 13.0 Å². The minimum Gasteiger partial charge on any atom is -0.396 e. The maximum absolute atomic E-state index is 12.5. The Hall–Kier alpha value is -0.920. The van der Waals surface area contributed by atoms with E-state index in [1.54, 1.807) is 24.7 Å². The van der Waals surface area contributed by atoms with Crippen LogP contribution in [0.2, 0.25) is 0 Å². The van der Waals surface area contributed by atoms with Crippen LogP contribution in [0.5, 0.6) is 0 Å². The summed E-state index contributed by atoms with van der Waals surface area (Å²) in [5.74, 6) is 0.931. The molecule has 108 valence electrons. The minimum absolute atomic E-state index is 0.112. The van der Waals surface area contributed by atoms with Crippen LogP contribution >= 0.6 is 0 Å². The molecule has 2 rings (SSSR count). The van der Waals surface area contributed by atoms with Gasteiger partial charge in [0.05, 0.1) is 0 Å². The molecule has 6 nitrogen and oxygen atoms in total. The molecule has 19 heavy (non-hydrogen) atoms. The van der Waals surface area contributed by atoms with Gasteiger partial charge in [0.25, 0.3) is 10.0 Å². The van der Waals surface area contributed by atoms with E-state index >= 15 is 0 Å². The van der Waals surface area contributed by atoms with Crippen molar-refractivity contribution in [3.8, 4) is 0 Å². The topological polar surface area (TPSA) is 75.4 Å². The van der Waals surface area contributed by atoms with E-state index in [9.17, 15) is 8.42 Å². The van der Waals surface area contributed by atoms with Crippen LogP contribution in [0.15, 0.2) is 11.2 Å². The Labute approximate surface area is 114 Å². The van der Waals surface area contributed by atoms with Gasteiger partial charge in [-0.3, -0.25) is 0 Å². The van der Waals surface area contributed by atoms with Gasteiger partial charge in [-0.25, -0.2) is 13.4 Å². The molecule has 1 saturated heterocycles. The van der Waals surface area contributed by atoms with E-state index in [2.05, 4.69) is 4.98 Å². The number of aliphatic hydroxyl groups excluding tert-OH is 1. The molecule has 2 heterocycles. The average Bonchev–Trinajstić information content (AvgIpc) is 2.71. The third-order valence-corrected chi connectivity index (χ3v) is 5.45. The smallest absolute Gasteiger partial charge is 0.262 e. The number of aryl methyl sites for hydroxylation is 2. The largest absolute Gasteiger partial charge is 0.396 e. The number of aromatic nitrogens is 2. The molecule has 1 fully saturated rings. The van der Waals surface area contributed by atoms with E-state index in [0.29, 0.717) is 25.3 Å². The molecule has 1 atom stereocenters. The van der Waals surface area contributed by atoms with E-state index in [0.717, 1.165) is 12.8 Å². The Morgan fingerprint density at radius 1 is 1.53 bits per heavy atom. The fourth-order valence-electron chi connectivity index (χ4n) is 2.45. The summed E-state index contributed by atoms with van der Waals surface area (Å²) in [5.41, 5.74) is 0. The molecule has 0 aromatic carbocycles. The highest BCUT2D eigenvalue weighted by Crippen LogP contribution is 2.24. The fourth-order valence-corrected chi connectivity index (χ4v) is 4.03. The summed E-state index contributed by atoms with van der Waals surface area (Å²) < 4.78 is 28.2. The van der Waals surface area contributed by atoms with Crippen molar-refractivity contribution < 1.29 is 13.5 Å². The first-order valence-electron chi connectivity index (χ1n) is 6.56. The molecule has 0 spiro atoms. The average molecular weight is 287 g/mol. The number of nitrogens with zero attached hydrogens (tertiary/aromatic N) is 3. The highest BCUT2D eigenvalue weighted by molar-refractivity contribution is 7.89. The molecule has 1 aromatic rings. The van der Waals surface area contributed by atoms with Crippen LogP contribution in [0, 0.1) is 12.8 Å². The number of rotatable bonds is 4. The third kappa shape index (κ3) is 2.98. The Morgan fingerprint density at radius 2 is 2.26 bits per heavy atom. The molecule has 0 saturated carbocycles. The predicted octanol–water partition coefficient (Wildman–Crippen LogP) is 0.512. The van der Waals surface area contributed by atoms with Gasteiger partial charge in [0.15, 0.2) is 5.03 Å². The Morgan fingerprint density at radius 3 is 2.84 bits per heavy atom. The maximum Gasteiger partial charge on any atom is 0.262 e. The lowest BCUT2D eigenvalue weighted by Gasteiger charge is -2.31. The lowest BCUT2D eigenvalue weighted by molar-refractivity contribution is 0.202. The van der Waals surface area contributed by atoms with Gasteiger partial charge in [0.2, 0.25) is 0 Å². The summed E-state index contributed by atoms with van der Waals surface area (Å²) in [6, 6.07) is 0. The quantitative estimate of drug-likeness (QED) is 0.875. The van der Waals surface area contributed by atoms with Crippen LogP contribution in [-0.2, 0) is 17.1 Å². The number of hydrogen-bond donors (Lipinski definition) is 1. The van der Waals surface area contributed by atoms with Crippen molar-refractivity contribution >= 4 is 10.0 Å². The van der Waals surface area contributed by atoms with Crippen molar-refractivity contribution in [2.75, 3.05) is 19.7 Å². The molecule has 1 aliphatic rings. The van der Waals surface area contributed by atoms with Crippen LogP contribution in [0.4, 0.5) is 0 Å². The summed E-state index contributed by atoms with van der Waals surface area (Å²) >= 11 is 0. The summed E-state index contributed by atoms with van der Waals surface area (Å²) in [7, 11) is -1.71. The SMILES string of the molecule is Cc1nc(S(=O)(=O)N2CCCC(CCO)C2)cn1C. The van der Waals surface area contributed by atoms with Gasteiger partial charge in [-0.2, -0.15) is 4.31 Å². The monoisotopic (exact) mass is 287 g/mol. The molecule has 0 radical (unpaired) electrons. The molecular formula is C12H21N3O3S. The van der Waals surface area contributed by atoms with Crippen molar-refractivity contribution in [1.82, 2.24) is 13.9 Å². The van der Waals surface area contributed by atoms with Gasteiger partial charge in [-0.15, -0.1) is 0 Å². The first kappa shape index (κ1) is 14.5. The third-order valence-electron chi connectivity index (χ3n) is 3.71. The maximum atomic E-state index is 12.5. The van der Waals surface area contributed by atoms with Gasteiger partial charge in [-0.1, -0.05) is 0 Å². The van der Waals surface area contributed by atoms with Crippen molar-refractivity contribution in [2.45, 2.75) is 31.2 Å². The fraction of sp³-hybridized carbons (Fsp3) is 0.750. The molecule has 1 aromatic heterocycles. The minimum atomic E-state index is -3.50. The van der Waals surface area contributed by atoms with E-state index in [4.69, 9.17) is 5.11 Å². The predicted molar refractivity (Wildman–Crippen MR) is 71.1 cm³/mol. The molecule has 7 heteroatoms. The lowest BCUT2D eigenvalue weighted by atomic mass is 9.97. The van der Waals surface area contributed by atoms with E-state index in [1.807, 2.05) is 0 Å². The van der Waals surface area contributed by atoms with Crippen molar-refractivity contribution in [3.05, 3.63) is 12.0 Å². The second-order valence-corrected chi connectivity index (χ2v) is 7.01. The summed E-state index contributed by atoms with van der Waals surface area (Å²) in [4.78, 5) is 4.11. The number of piperidine rings is 1. The van der Waals surface area contributed by atoms with E-state index in [1.165, 1.54) is 4.31 Å². The van der Waals surface area contributed by atoms with Crippen LogP contribution in [-0.4, -0.2) is 47.1 Å². The number of sulfonamides is 1. The normalized spacial score (nSPS) is 21.7. The zero-order valence-electron chi connectivity index (χ0n) is 11.4. The molecular weight excluding hydrogens is 266 g/mol. The molecule has 1 unspecified atom stereocenters. The molecule has 0 bridgehead atoms. The summed E-state index contributed by atoms with van der Waals surface area (Å²) in [6.45, 7) is 2.92. The molecule has 0 aliphatic carbocycles. The van der Waals surface area contributed by atoms with Crippen LogP contribution < -0.4 is 0 Å². The molecule has 0 amide bonds. The van der Waals surface area contributed by atoms with Gasteiger partial charge in [-0.05, 0) is 32.1 Å². The second-order valence-electron chi connectivity index (χ2n) is 5.12. The van der Waals surface area contributed by atoms with Crippen LogP contribution in [0.3, 0.4) is 0 Å². The van der Waals surface area contributed by atoms with Crippen LogP contribution in [0.1, 0.15) is 25.1 Å². The zero-order valence-corrected chi connectivity index (χ0v) is 12.2. The number of imidazole rings is 1. The van der Waals surface area contributed by atoms with Crippen LogP contribution in [0.25, 0.3) is 0 Å². The van der Waals surface area contributed by atoms with E-state index < -0.39 is 10.0 Å². The zero-order chi connectivity index (χ0) is 14.0. The molecule has 1 N–H and O–H groups in total. The second kappa shape index (κ2) is 5.60. The van der Waals surface area contributed by atoms with Crippen molar-refractivity contribution in [3.63, 3.8) is 0 Å². The first-order valence-corrected chi connectivity index (χ1v) is 8.00. The van der Waals surface area contributed by atoms with Crippen molar-refractivity contribution in [1.29, 1.82) is 0 Å². The van der Waals surface area contributed by atoms with Gasteiger partial charge in [0.1, 0.15) is 5.82 Å². The Kier molecular flexibility index (Phi) is 4.27. The lowest BCUT2D eigenvalue weighted by Crippen LogP contribution is -2.40. The van der Waals surface area contributed by atoms with Gasteiger partial charge < -0.3 is 9.67 Å². The number of hydrogen-bond acceptors (Lipinski definition) is 4. The standard InChI is InChI=1S/C12H21N3O3S/c1-10-13-12(9-14(10)2)19(17,18)15-6-3-4-11(8-15)5-7-16/h9,11,16H,3-8H2,1-2H3. The van der Waals surface area contributed by atoms with Gasteiger partial charge in [0, 0.05) is 32.9 Å². The van der Waals surface area contributed by atoms with E-state index in [-0.39, 0.29) is 17.6 Å². The highest BCUT2D eigenvalue weighted by atomic mass is 32.2. The summed E-state index contributed by atoms with van der Waals surface area (Å²) in [5, 5.41) is 9.10. The highest BCUT2D eigenvalue weighted by Gasteiger charge is 2.31. The first-order chi connectivity index (χ1) is 8.95. The molecule has 1 aliphatic heterocycles. The number of aliphatic hydroxyl groups is 1. The summed E-state index contributed by atoms with van der Waals surface area (Å²) in [6.07, 6.45) is 4.04. The van der Waals surface area contributed by atoms with Gasteiger partial charge >= 0.3 is 0 Å². The Bertz CT molecular complexity index is 517.